The standard InChI is InChI=1S/C10H16N6O4/c1-10(2)18-4-5-8(20-10)6(13-15-11)7(14-16-12)9(17-3)19-5/h5-9H,4H2,1-3H3/t5-,6-,7+,8-,9-/m1/s1. The van der Waals surface area contributed by atoms with E-state index < -0.39 is 36.4 Å². The van der Waals surface area contributed by atoms with Crippen LogP contribution in [0.15, 0.2) is 10.2 Å². The van der Waals surface area contributed by atoms with Gasteiger partial charge >= 0.3 is 0 Å². The topological polar surface area (TPSA) is 134 Å². The van der Waals surface area contributed by atoms with E-state index in [2.05, 4.69) is 20.1 Å². The lowest BCUT2D eigenvalue weighted by Gasteiger charge is -2.49. The van der Waals surface area contributed by atoms with Crippen LogP contribution in [0.2, 0.25) is 0 Å². The summed E-state index contributed by atoms with van der Waals surface area (Å²) in [4.78, 5) is 5.57. The third-order valence-corrected chi connectivity index (χ3v) is 3.26. The minimum Gasteiger partial charge on any atom is -0.355 e. The predicted molar refractivity (Wildman–Crippen MR) is 66.4 cm³/mol. The summed E-state index contributed by atoms with van der Waals surface area (Å²) in [5.41, 5.74) is 17.4. The molecule has 0 aliphatic carbocycles. The van der Waals surface area contributed by atoms with Crippen LogP contribution in [-0.2, 0) is 18.9 Å². The van der Waals surface area contributed by atoms with Crippen LogP contribution < -0.4 is 0 Å². The molecule has 0 bridgehead atoms. The largest absolute Gasteiger partial charge is 0.355 e. The van der Waals surface area contributed by atoms with E-state index in [4.69, 9.17) is 30.0 Å². The maximum Gasteiger partial charge on any atom is 0.166 e. The number of hydrogen-bond donors (Lipinski definition) is 0. The van der Waals surface area contributed by atoms with Crippen LogP contribution in [0, 0.1) is 0 Å². The molecule has 0 saturated carbocycles. The van der Waals surface area contributed by atoms with Gasteiger partial charge in [0.15, 0.2) is 12.1 Å². The van der Waals surface area contributed by atoms with Crippen molar-refractivity contribution in [1.29, 1.82) is 0 Å². The second-order valence-corrected chi connectivity index (χ2v) is 4.96. The molecule has 20 heavy (non-hydrogen) atoms. The summed E-state index contributed by atoms with van der Waals surface area (Å²) in [6, 6.07) is -1.51. The van der Waals surface area contributed by atoms with Crippen LogP contribution in [0.1, 0.15) is 13.8 Å². The van der Waals surface area contributed by atoms with Gasteiger partial charge in [-0.05, 0) is 24.9 Å². The zero-order valence-corrected chi connectivity index (χ0v) is 11.4. The van der Waals surface area contributed by atoms with Gasteiger partial charge in [0.05, 0.1) is 24.8 Å². The molecular formula is C10H16N6O4. The maximum absolute atomic E-state index is 8.74. The number of azide groups is 2. The van der Waals surface area contributed by atoms with Crippen LogP contribution in [0.25, 0.3) is 20.9 Å². The molecule has 0 N–H and O–H groups in total. The van der Waals surface area contributed by atoms with Gasteiger partial charge in [0.2, 0.25) is 0 Å². The van der Waals surface area contributed by atoms with E-state index in [1.165, 1.54) is 7.11 Å². The van der Waals surface area contributed by atoms with E-state index in [0.29, 0.717) is 0 Å². The van der Waals surface area contributed by atoms with E-state index in [1.807, 2.05) is 0 Å². The minimum absolute atomic E-state index is 0.276. The first kappa shape index (κ1) is 14.9. The maximum atomic E-state index is 8.74. The first-order valence-electron chi connectivity index (χ1n) is 6.11. The van der Waals surface area contributed by atoms with E-state index in [-0.39, 0.29) is 6.61 Å². The van der Waals surface area contributed by atoms with Gasteiger partial charge in [0.25, 0.3) is 0 Å². The summed E-state index contributed by atoms with van der Waals surface area (Å²) < 4.78 is 22.1. The minimum atomic E-state index is -0.825. The van der Waals surface area contributed by atoms with Gasteiger partial charge in [-0.2, -0.15) is 0 Å². The summed E-state index contributed by atoms with van der Waals surface area (Å²) >= 11 is 0. The molecule has 0 aromatic rings. The quantitative estimate of drug-likeness (QED) is 0.444. The van der Waals surface area contributed by atoms with E-state index in [1.54, 1.807) is 13.8 Å². The van der Waals surface area contributed by atoms with Crippen molar-refractivity contribution in [1.82, 2.24) is 0 Å². The summed E-state index contributed by atoms with van der Waals surface area (Å²) in [6.07, 6.45) is -1.82. The lowest BCUT2D eigenvalue weighted by Crippen LogP contribution is -2.63. The summed E-state index contributed by atoms with van der Waals surface area (Å²) in [5.74, 6) is -0.825. The van der Waals surface area contributed by atoms with Crippen LogP contribution in [0.4, 0.5) is 0 Å². The van der Waals surface area contributed by atoms with E-state index >= 15 is 0 Å². The number of fused-ring (bicyclic) bond motifs is 1. The van der Waals surface area contributed by atoms with E-state index in [0.717, 1.165) is 0 Å². The molecule has 0 unspecified atom stereocenters. The molecule has 5 atom stereocenters. The number of rotatable bonds is 3. The molecule has 2 aliphatic heterocycles. The highest BCUT2D eigenvalue weighted by Gasteiger charge is 2.50. The molecule has 2 rings (SSSR count). The number of methoxy groups -OCH3 is 1. The fourth-order valence-electron chi connectivity index (χ4n) is 2.40. The zero-order chi connectivity index (χ0) is 14.8. The Bertz CT molecular complexity index is 459. The Hall–Kier alpha value is -1.54. The number of nitrogens with zero attached hydrogens (tertiary/aromatic N) is 6. The molecule has 0 spiro atoms. The van der Waals surface area contributed by atoms with Crippen LogP contribution in [0.3, 0.4) is 0 Å². The first-order chi connectivity index (χ1) is 9.52. The smallest absolute Gasteiger partial charge is 0.166 e. The molecule has 110 valence electrons. The Labute approximate surface area is 115 Å². The summed E-state index contributed by atoms with van der Waals surface area (Å²) in [5, 5.41) is 7.33. The fraction of sp³-hybridized carbons (Fsp3) is 1.00. The molecule has 2 fully saturated rings. The number of hydrogen-bond acceptors (Lipinski definition) is 6. The van der Waals surface area contributed by atoms with Crippen LogP contribution in [-0.4, -0.2) is 50.1 Å². The highest BCUT2D eigenvalue weighted by molar-refractivity contribution is 5.01. The van der Waals surface area contributed by atoms with Crippen molar-refractivity contribution in [2.24, 2.45) is 10.2 Å². The average molecular weight is 284 g/mol. The van der Waals surface area contributed by atoms with Gasteiger partial charge in [0, 0.05) is 16.9 Å². The van der Waals surface area contributed by atoms with Gasteiger partial charge in [-0.3, -0.25) is 0 Å². The molecule has 2 saturated heterocycles. The van der Waals surface area contributed by atoms with Gasteiger partial charge in [-0.25, -0.2) is 0 Å². The summed E-state index contributed by atoms with van der Waals surface area (Å²) in [6.45, 7) is 3.78. The van der Waals surface area contributed by atoms with Crippen molar-refractivity contribution in [3.8, 4) is 0 Å². The second kappa shape index (κ2) is 5.84. The van der Waals surface area contributed by atoms with Crippen molar-refractivity contribution in [3.63, 3.8) is 0 Å². The highest BCUT2D eigenvalue weighted by atomic mass is 16.8. The van der Waals surface area contributed by atoms with Gasteiger partial charge < -0.3 is 18.9 Å². The molecular weight excluding hydrogens is 268 g/mol. The molecule has 0 radical (unpaired) electrons. The average Bonchev–Trinajstić information content (AvgIpc) is 2.41. The zero-order valence-electron chi connectivity index (χ0n) is 11.4. The Kier molecular flexibility index (Phi) is 4.34. The van der Waals surface area contributed by atoms with Gasteiger partial charge in [-0.1, -0.05) is 10.2 Å². The highest BCUT2D eigenvalue weighted by Crippen LogP contribution is 2.35. The Morgan fingerprint density at radius 2 is 1.85 bits per heavy atom. The monoisotopic (exact) mass is 284 g/mol. The fourth-order valence-corrected chi connectivity index (χ4v) is 2.40. The van der Waals surface area contributed by atoms with Crippen molar-refractivity contribution >= 4 is 0 Å². The molecule has 0 amide bonds. The third-order valence-electron chi connectivity index (χ3n) is 3.26. The molecule has 2 aliphatic rings. The lowest BCUT2D eigenvalue weighted by molar-refractivity contribution is -0.350. The predicted octanol–water partition coefficient (Wildman–Crippen LogP) is 1.87. The van der Waals surface area contributed by atoms with Crippen molar-refractivity contribution in [3.05, 3.63) is 20.9 Å². The number of ether oxygens (including phenoxy) is 4. The molecule has 2 heterocycles. The lowest BCUT2D eigenvalue weighted by atomic mass is 9.94. The third kappa shape index (κ3) is 2.80. The second-order valence-electron chi connectivity index (χ2n) is 4.96. The van der Waals surface area contributed by atoms with Crippen LogP contribution >= 0.6 is 0 Å². The summed E-state index contributed by atoms with van der Waals surface area (Å²) in [7, 11) is 1.42. The van der Waals surface area contributed by atoms with Crippen molar-refractivity contribution < 1.29 is 18.9 Å². The molecule has 0 aromatic carbocycles. The van der Waals surface area contributed by atoms with Gasteiger partial charge in [-0.15, -0.1) is 0 Å². The molecule has 0 aromatic heterocycles. The Balaban J connectivity index is 2.34. The molecule has 10 nitrogen and oxygen atoms in total. The van der Waals surface area contributed by atoms with Crippen molar-refractivity contribution in [2.75, 3.05) is 13.7 Å². The van der Waals surface area contributed by atoms with E-state index in [9.17, 15) is 0 Å². The Morgan fingerprint density at radius 3 is 2.45 bits per heavy atom. The molecule has 10 heteroatoms. The van der Waals surface area contributed by atoms with Crippen molar-refractivity contribution in [2.45, 2.75) is 50.2 Å². The van der Waals surface area contributed by atoms with Gasteiger partial charge in [0.1, 0.15) is 6.10 Å². The first-order valence-corrected chi connectivity index (χ1v) is 6.11. The normalized spacial score (nSPS) is 39.0. The Morgan fingerprint density at radius 1 is 1.20 bits per heavy atom. The SMILES string of the molecule is CO[C@@H]1O[C@@H]2COC(C)(C)O[C@H]2[C@H](N=[N+]=[N-])[C@@H]1N=[N+]=[N-]. The van der Waals surface area contributed by atoms with Crippen LogP contribution in [0.5, 0.6) is 0 Å².